The predicted octanol–water partition coefficient (Wildman–Crippen LogP) is 5.32. The van der Waals surface area contributed by atoms with Gasteiger partial charge >= 0.3 is 0 Å². The molecule has 3 heterocycles. The molecule has 0 radical (unpaired) electrons. The van der Waals surface area contributed by atoms with Crippen LogP contribution in [0.5, 0.6) is 0 Å². The van der Waals surface area contributed by atoms with Crippen molar-refractivity contribution in [1.29, 1.82) is 5.26 Å². The van der Waals surface area contributed by atoms with Gasteiger partial charge in [-0.15, -0.1) is 22.6 Å². The van der Waals surface area contributed by atoms with E-state index >= 15 is 0 Å². The number of nitriles is 1. The topological polar surface area (TPSA) is 83.8 Å². The summed E-state index contributed by atoms with van der Waals surface area (Å²) in [4.78, 5) is 2.57. The fourth-order valence-corrected chi connectivity index (χ4v) is 5.33. The fourth-order valence-electron chi connectivity index (χ4n) is 4.49. The molecule has 7 nitrogen and oxygen atoms in total. The lowest BCUT2D eigenvalue weighted by atomic mass is 9.99. The largest absolute Gasteiger partial charge is 0.361 e. The van der Waals surface area contributed by atoms with Gasteiger partial charge in [-0.2, -0.15) is 5.26 Å². The number of benzene rings is 2. The maximum atomic E-state index is 8.99. The van der Waals surface area contributed by atoms with Gasteiger partial charge in [-0.05, 0) is 74.2 Å². The third-order valence-electron chi connectivity index (χ3n) is 6.48. The van der Waals surface area contributed by atoms with Crippen LogP contribution >= 0.6 is 24.2 Å². The molecule has 0 saturated heterocycles. The Labute approximate surface area is 221 Å². The van der Waals surface area contributed by atoms with E-state index in [1.54, 1.807) is 11.8 Å². The third-order valence-corrected chi connectivity index (χ3v) is 7.59. The van der Waals surface area contributed by atoms with Crippen molar-refractivity contribution < 1.29 is 4.52 Å². The highest BCUT2D eigenvalue weighted by Gasteiger charge is 2.16. The maximum Gasteiger partial charge on any atom is 0.191 e. The van der Waals surface area contributed by atoms with Crippen LogP contribution in [0.2, 0.25) is 0 Å². The van der Waals surface area contributed by atoms with Crippen LogP contribution in [-0.2, 0) is 19.9 Å². The lowest BCUT2D eigenvalue weighted by Gasteiger charge is -2.19. The molecule has 0 unspecified atom stereocenters. The lowest BCUT2D eigenvalue weighted by Crippen LogP contribution is -2.27. The van der Waals surface area contributed by atoms with Crippen molar-refractivity contribution in [3.8, 4) is 28.7 Å². The Morgan fingerprint density at radius 1 is 1.00 bits per heavy atom. The Kier molecular flexibility index (Phi) is 8.47. The summed E-state index contributed by atoms with van der Waals surface area (Å²) in [5, 5.41) is 22.8. The summed E-state index contributed by atoms with van der Waals surface area (Å²) < 4.78 is 7.28. The van der Waals surface area contributed by atoms with Crippen molar-refractivity contribution in [2.75, 3.05) is 25.4 Å². The number of aromatic nitrogens is 4. The van der Waals surface area contributed by atoms with E-state index < -0.39 is 0 Å². The molecule has 0 saturated carbocycles. The summed E-state index contributed by atoms with van der Waals surface area (Å²) >= 11 is 1.75. The number of hydrogen-bond acceptors (Lipinski definition) is 7. The normalized spacial score (nSPS) is 13.5. The molecule has 0 aliphatic carbocycles. The van der Waals surface area contributed by atoms with Gasteiger partial charge in [0.25, 0.3) is 0 Å². The molecule has 2 aromatic carbocycles. The number of halogens is 1. The van der Waals surface area contributed by atoms with Crippen molar-refractivity contribution in [2.24, 2.45) is 7.05 Å². The van der Waals surface area contributed by atoms with Crippen LogP contribution in [0.25, 0.3) is 22.6 Å². The Morgan fingerprint density at radius 3 is 2.47 bits per heavy atom. The van der Waals surface area contributed by atoms with Crippen molar-refractivity contribution >= 4 is 24.2 Å². The van der Waals surface area contributed by atoms with E-state index in [4.69, 9.17) is 9.78 Å². The standard InChI is InChI=1S/C27H28N6OS.ClH/c1-19-16-25(31-34-19)24-9-8-21-10-13-33(14-11-23(21)17-24)12-3-15-35-27-30-29-26(32(27)2)22-6-4-20(18-28)5-7-22;/h4-9,16-17H,3,10-15H2,1-2H3;1H. The SMILES string of the molecule is Cc1cc(-c2ccc3c(c2)CCN(CCCSc2nnc(-c4ccc(C#N)cc4)n2C)CC3)no1.Cl. The van der Waals surface area contributed by atoms with Crippen LogP contribution < -0.4 is 0 Å². The molecule has 5 rings (SSSR count). The zero-order chi connectivity index (χ0) is 24.2. The molecular weight excluding hydrogens is 492 g/mol. The van der Waals surface area contributed by atoms with E-state index in [0.29, 0.717) is 5.56 Å². The zero-order valence-electron chi connectivity index (χ0n) is 20.5. The Bertz CT molecular complexity index is 1360. The second kappa shape index (κ2) is 11.7. The Morgan fingerprint density at radius 2 is 1.75 bits per heavy atom. The number of aryl methyl sites for hydroxylation is 1. The summed E-state index contributed by atoms with van der Waals surface area (Å²) in [7, 11) is 2.00. The number of hydrogen-bond donors (Lipinski definition) is 0. The van der Waals surface area contributed by atoms with Gasteiger partial charge in [0, 0.05) is 43.1 Å². The fraction of sp³-hybridized carbons (Fsp3) is 0.333. The maximum absolute atomic E-state index is 8.99. The molecule has 0 bridgehead atoms. The third kappa shape index (κ3) is 5.81. The van der Waals surface area contributed by atoms with E-state index in [1.165, 1.54) is 11.1 Å². The second-order valence-electron chi connectivity index (χ2n) is 8.90. The first-order chi connectivity index (χ1) is 17.1. The average molecular weight is 521 g/mol. The number of nitrogens with zero attached hydrogens (tertiary/aromatic N) is 6. The summed E-state index contributed by atoms with van der Waals surface area (Å²) in [6.07, 6.45) is 3.24. The molecule has 2 aromatic heterocycles. The minimum Gasteiger partial charge on any atom is -0.361 e. The first kappa shape index (κ1) is 26.0. The highest BCUT2D eigenvalue weighted by atomic mass is 35.5. The summed E-state index contributed by atoms with van der Waals surface area (Å²) in [5.74, 6) is 2.66. The van der Waals surface area contributed by atoms with Crippen LogP contribution in [0.3, 0.4) is 0 Å². The van der Waals surface area contributed by atoms with Crippen LogP contribution in [0.1, 0.15) is 28.9 Å². The Balaban J connectivity index is 0.00000304. The molecule has 4 aromatic rings. The van der Waals surface area contributed by atoms with E-state index in [-0.39, 0.29) is 12.4 Å². The van der Waals surface area contributed by atoms with Crippen LogP contribution in [0.4, 0.5) is 0 Å². The monoisotopic (exact) mass is 520 g/mol. The van der Waals surface area contributed by atoms with Gasteiger partial charge in [0.2, 0.25) is 0 Å². The van der Waals surface area contributed by atoms with E-state index in [2.05, 4.69) is 44.5 Å². The number of fused-ring (bicyclic) bond motifs is 1. The minimum atomic E-state index is 0. The van der Waals surface area contributed by atoms with Crippen LogP contribution in [0, 0.1) is 18.3 Å². The molecule has 1 aliphatic heterocycles. The van der Waals surface area contributed by atoms with Crippen LogP contribution in [0.15, 0.2) is 58.2 Å². The smallest absolute Gasteiger partial charge is 0.191 e. The van der Waals surface area contributed by atoms with Crippen LogP contribution in [-0.4, -0.2) is 50.2 Å². The van der Waals surface area contributed by atoms with Crippen molar-refractivity contribution in [3.05, 3.63) is 71.0 Å². The first-order valence-electron chi connectivity index (χ1n) is 11.9. The zero-order valence-corrected chi connectivity index (χ0v) is 22.1. The van der Waals surface area contributed by atoms with Gasteiger partial charge in [-0.25, -0.2) is 0 Å². The number of thioether (sulfide) groups is 1. The van der Waals surface area contributed by atoms with Crippen molar-refractivity contribution in [1.82, 2.24) is 24.8 Å². The average Bonchev–Trinajstić information content (AvgIpc) is 3.42. The summed E-state index contributed by atoms with van der Waals surface area (Å²) in [6.45, 7) is 5.17. The van der Waals surface area contributed by atoms with Gasteiger partial charge in [0.1, 0.15) is 11.5 Å². The van der Waals surface area contributed by atoms with Crippen molar-refractivity contribution in [2.45, 2.75) is 31.3 Å². The first-order valence-corrected chi connectivity index (χ1v) is 12.9. The molecule has 0 atom stereocenters. The highest BCUT2D eigenvalue weighted by Crippen LogP contribution is 2.26. The summed E-state index contributed by atoms with van der Waals surface area (Å²) in [6, 6.07) is 18.3. The van der Waals surface area contributed by atoms with Gasteiger partial charge in [0.05, 0.1) is 11.6 Å². The van der Waals surface area contributed by atoms with Crippen molar-refractivity contribution in [3.63, 3.8) is 0 Å². The highest BCUT2D eigenvalue weighted by molar-refractivity contribution is 7.99. The molecule has 36 heavy (non-hydrogen) atoms. The van der Waals surface area contributed by atoms with Gasteiger partial charge < -0.3 is 14.0 Å². The summed E-state index contributed by atoms with van der Waals surface area (Å²) in [5.41, 5.74) is 6.53. The molecule has 0 N–H and O–H groups in total. The van der Waals surface area contributed by atoms with Gasteiger partial charge in [0.15, 0.2) is 11.0 Å². The molecule has 0 spiro atoms. The van der Waals surface area contributed by atoms with E-state index in [9.17, 15) is 0 Å². The number of rotatable bonds is 7. The van der Waals surface area contributed by atoms with E-state index in [1.807, 2.05) is 48.9 Å². The molecule has 0 amide bonds. The van der Waals surface area contributed by atoms with Gasteiger partial charge in [-0.3, -0.25) is 0 Å². The predicted molar refractivity (Wildman–Crippen MR) is 144 cm³/mol. The molecule has 0 fully saturated rings. The Hall–Kier alpha value is -3.12. The lowest BCUT2D eigenvalue weighted by molar-refractivity contribution is 0.289. The molecule has 1 aliphatic rings. The van der Waals surface area contributed by atoms with E-state index in [0.717, 1.165) is 78.2 Å². The molecule has 186 valence electrons. The van der Waals surface area contributed by atoms with Gasteiger partial charge in [-0.1, -0.05) is 29.1 Å². The second-order valence-corrected chi connectivity index (χ2v) is 9.97. The molecular formula is C27H29ClN6OS. The molecule has 9 heteroatoms. The minimum absolute atomic E-state index is 0. The quantitative estimate of drug-likeness (QED) is 0.241.